The molecule has 8 heteroatoms. The summed E-state index contributed by atoms with van der Waals surface area (Å²) in [4.78, 5) is 37.1. The molecule has 8 nitrogen and oxygen atoms in total. The van der Waals surface area contributed by atoms with E-state index in [0.717, 1.165) is 5.56 Å². The molecule has 0 saturated carbocycles. The second kappa shape index (κ2) is 7.86. The second-order valence-corrected chi connectivity index (χ2v) is 6.29. The number of hydrogen-bond acceptors (Lipinski definition) is 5. The number of carbonyl (C=O) groups is 2. The lowest BCUT2D eigenvalue weighted by Crippen LogP contribution is -2.28. The minimum absolute atomic E-state index is 0.0540. The number of anilines is 1. The zero-order chi connectivity index (χ0) is 19.4. The van der Waals surface area contributed by atoms with E-state index in [9.17, 15) is 19.7 Å². The molecule has 0 radical (unpaired) electrons. The highest BCUT2D eigenvalue weighted by Crippen LogP contribution is 2.30. The number of nitro benzene ring substituents is 1. The quantitative estimate of drug-likeness (QED) is 0.623. The fourth-order valence-electron chi connectivity index (χ4n) is 3.04. The van der Waals surface area contributed by atoms with Gasteiger partial charge in [0.15, 0.2) is 0 Å². The first-order chi connectivity index (χ1) is 13.0. The molecule has 0 spiro atoms. The molecule has 2 aromatic rings. The van der Waals surface area contributed by atoms with Crippen molar-refractivity contribution in [1.29, 1.82) is 0 Å². The molecule has 1 heterocycles. The number of benzene rings is 2. The summed E-state index contributed by atoms with van der Waals surface area (Å²) in [5.74, 6) is -0.703. The van der Waals surface area contributed by atoms with Crippen LogP contribution in [0.25, 0.3) is 0 Å². The van der Waals surface area contributed by atoms with Crippen LogP contribution in [-0.2, 0) is 16.1 Å². The molecule has 2 aromatic carbocycles. The van der Waals surface area contributed by atoms with Gasteiger partial charge < -0.3 is 15.0 Å². The van der Waals surface area contributed by atoms with Gasteiger partial charge in [0.25, 0.3) is 5.69 Å². The zero-order valence-electron chi connectivity index (χ0n) is 14.8. The molecule has 0 aromatic heterocycles. The lowest BCUT2D eigenvalue weighted by molar-refractivity contribution is -0.383. The van der Waals surface area contributed by atoms with E-state index < -0.39 is 16.7 Å². The Kier molecular flexibility index (Phi) is 5.35. The van der Waals surface area contributed by atoms with Crippen LogP contribution in [-0.4, -0.2) is 35.3 Å². The maximum absolute atomic E-state index is 12.6. The summed E-state index contributed by atoms with van der Waals surface area (Å²) in [6.07, 6.45) is 0.0798. The summed E-state index contributed by atoms with van der Waals surface area (Å²) in [6.45, 7) is 0.708. The Morgan fingerprint density at radius 2 is 2.04 bits per heavy atom. The summed E-state index contributed by atoms with van der Waals surface area (Å²) in [7, 11) is 1.43. The molecule has 1 N–H and O–H groups in total. The van der Waals surface area contributed by atoms with Crippen molar-refractivity contribution in [2.45, 2.75) is 13.0 Å². The number of likely N-dealkylation sites (tertiary alicyclic amines) is 1. The first kappa shape index (κ1) is 18.4. The average Bonchev–Trinajstić information content (AvgIpc) is 3.03. The fourth-order valence-corrected chi connectivity index (χ4v) is 3.04. The predicted octanol–water partition coefficient (Wildman–Crippen LogP) is 2.59. The van der Waals surface area contributed by atoms with Gasteiger partial charge in [-0.3, -0.25) is 19.7 Å². The van der Waals surface area contributed by atoms with E-state index in [0.29, 0.717) is 12.3 Å². The van der Waals surface area contributed by atoms with Crippen LogP contribution in [0.4, 0.5) is 11.4 Å². The molecule has 0 bridgehead atoms. The largest absolute Gasteiger partial charge is 0.497 e. The Morgan fingerprint density at radius 1 is 1.30 bits per heavy atom. The van der Waals surface area contributed by atoms with Crippen LogP contribution in [0.2, 0.25) is 0 Å². The molecule has 2 amide bonds. The van der Waals surface area contributed by atoms with Crippen molar-refractivity contribution in [3.8, 4) is 5.75 Å². The third kappa shape index (κ3) is 4.22. The summed E-state index contributed by atoms with van der Waals surface area (Å²) in [5, 5.41) is 13.8. The van der Waals surface area contributed by atoms with Crippen molar-refractivity contribution in [2.24, 2.45) is 5.92 Å². The summed E-state index contributed by atoms with van der Waals surface area (Å²) >= 11 is 0. The monoisotopic (exact) mass is 369 g/mol. The number of hydrogen-bond donors (Lipinski definition) is 1. The van der Waals surface area contributed by atoms with E-state index in [1.54, 1.807) is 4.90 Å². The Bertz CT molecular complexity index is 869. The first-order valence-electron chi connectivity index (χ1n) is 8.43. The van der Waals surface area contributed by atoms with E-state index in [2.05, 4.69) is 5.32 Å². The average molecular weight is 369 g/mol. The molecular weight excluding hydrogens is 350 g/mol. The second-order valence-electron chi connectivity index (χ2n) is 6.29. The molecule has 0 unspecified atom stereocenters. The van der Waals surface area contributed by atoms with E-state index >= 15 is 0 Å². The molecule has 140 valence electrons. The van der Waals surface area contributed by atoms with Crippen LogP contribution < -0.4 is 10.1 Å². The lowest BCUT2D eigenvalue weighted by Gasteiger charge is -2.16. The van der Waals surface area contributed by atoms with Crippen molar-refractivity contribution < 1.29 is 19.2 Å². The molecule has 1 aliphatic rings. The van der Waals surface area contributed by atoms with Gasteiger partial charge in [-0.2, -0.15) is 0 Å². The van der Waals surface area contributed by atoms with Crippen molar-refractivity contribution in [3.63, 3.8) is 0 Å². The number of amides is 2. The Labute approximate surface area is 155 Å². The van der Waals surface area contributed by atoms with Crippen LogP contribution in [0.5, 0.6) is 5.75 Å². The number of nitro groups is 1. The predicted molar refractivity (Wildman–Crippen MR) is 98.2 cm³/mol. The van der Waals surface area contributed by atoms with Crippen LogP contribution in [0, 0.1) is 16.0 Å². The highest BCUT2D eigenvalue weighted by molar-refractivity contribution is 5.98. The van der Waals surface area contributed by atoms with Gasteiger partial charge in [0.05, 0.1) is 18.0 Å². The van der Waals surface area contributed by atoms with Gasteiger partial charge in [-0.05, 0) is 11.6 Å². The van der Waals surface area contributed by atoms with E-state index in [1.807, 2.05) is 30.3 Å². The van der Waals surface area contributed by atoms with E-state index in [-0.39, 0.29) is 30.2 Å². The minimum Gasteiger partial charge on any atom is -0.497 e. The highest BCUT2D eigenvalue weighted by atomic mass is 16.6. The van der Waals surface area contributed by atoms with E-state index in [1.165, 1.54) is 25.3 Å². The number of nitrogens with one attached hydrogen (secondary N) is 1. The summed E-state index contributed by atoms with van der Waals surface area (Å²) in [5.41, 5.74) is 0.809. The summed E-state index contributed by atoms with van der Waals surface area (Å²) < 4.78 is 5.06. The number of methoxy groups -OCH3 is 1. The Balaban J connectivity index is 1.70. The molecule has 3 rings (SSSR count). The van der Waals surface area contributed by atoms with E-state index in [4.69, 9.17) is 4.74 Å². The fraction of sp³-hybridized carbons (Fsp3) is 0.263. The molecule has 0 aliphatic carbocycles. The maximum Gasteiger partial charge on any atom is 0.293 e. The first-order valence-corrected chi connectivity index (χ1v) is 8.43. The van der Waals surface area contributed by atoms with Crippen molar-refractivity contribution in [2.75, 3.05) is 19.0 Å². The van der Waals surface area contributed by atoms with Gasteiger partial charge in [-0.15, -0.1) is 0 Å². The third-order valence-electron chi connectivity index (χ3n) is 4.46. The van der Waals surface area contributed by atoms with Gasteiger partial charge in [0.2, 0.25) is 11.8 Å². The SMILES string of the molecule is COc1ccc([N+](=O)[O-])c(NC(=O)[C@H]2CC(=O)N(Cc3ccccc3)C2)c1. The molecular formula is C19H19N3O5. The van der Waals surface area contributed by atoms with Gasteiger partial charge in [0.1, 0.15) is 11.4 Å². The normalized spacial score (nSPS) is 16.3. The third-order valence-corrected chi connectivity index (χ3v) is 4.46. The highest BCUT2D eigenvalue weighted by Gasteiger charge is 2.35. The number of nitrogens with zero attached hydrogens (tertiary/aromatic N) is 2. The topological polar surface area (TPSA) is 102 Å². The molecule has 27 heavy (non-hydrogen) atoms. The van der Waals surface area contributed by atoms with Crippen molar-refractivity contribution >= 4 is 23.2 Å². The summed E-state index contributed by atoms with van der Waals surface area (Å²) in [6, 6.07) is 13.6. The standard InChI is InChI=1S/C19H19N3O5/c1-27-15-7-8-17(22(25)26)16(10-15)20-19(24)14-9-18(23)21(12-14)11-13-5-3-2-4-6-13/h2-8,10,14H,9,11-12H2,1H3,(H,20,24)/t14-/m0/s1. The molecule has 1 saturated heterocycles. The van der Waals surface area contributed by atoms with Crippen molar-refractivity contribution in [3.05, 3.63) is 64.2 Å². The molecule has 1 fully saturated rings. The smallest absolute Gasteiger partial charge is 0.293 e. The van der Waals surface area contributed by atoms with Crippen molar-refractivity contribution in [1.82, 2.24) is 4.90 Å². The van der Waals surface area contributed by atoms with Gasteiger partial charge in [-0.25, -0.2) is 0 Å². The van der Waals surface area contributed by atoms with Gasteiger partial charge in [0, 0.05) is 31.6 Å². The van der Waals surface area contributed by atoms with Crippen LogP contribution in [0.3, 0.4) is 0 Å². The van der Waals surface area contributed by atoms with Crippen LogP contribution >= 0.6 is 0 Å². The van der Waals surface area contributed by atoms with Gasteiger partial charge in [-0.1, -0.05) is 30.3 Å². The zero-order valence-corrected chi connectivity index (χ0v) is 14.8. The minimum atomic E-state index is -0.573. The number of rotatable bonds is 6. The lowest BCUT2D eigenvalue weighted by atomic mass is 10.1. The Hall–Kier alpha value is -3.42. The number of ether oxygens (including phenoxy) is 1. The van der Waals surface area contributed by atoms with Gasteiger partial charge >= 0.3 is 0 Å². The maximum atomic E-state index is 12.6. The molecule has 1 aliphatic heterocycles. The molecule has 1 atom stereocenters. The van der Waals surface area contributed by atoms with Crippen LogP contribution in [0.1, 0.15) is 12.0 Å². The Morgan fingerprint density at radius 3 is 2.70 bits per heavy atom. The van der Waals surface area contributed by atoms with Crippen LogP contribution in [0.15, 0.2) is 48.5 Å². The number of carbonyl (C=O) groups excluding carboxylic acids is 2.